The Morgan fingerprint density at radius 1 is 1.07 bits per heavy atom. The van der Waals surface area contributed by atoms with E-state index in [1.54, 1.807) is 18.2 Å². The third-order valence-corrected chi connectivity index (χ3v) is 4.26. The fourth-order valence-electron chi connectivity index (χ4n) is 2.40. The molecule has 3 nitrogen and oxygen atoms in total. The molecule has 0 atom stereocenters. The smallest absolute Gasteiger partial charge is 0.417 e. The first-order valence-corrected chi connectivity index (χ1v) is 8.90. The minimum Gasteiger partial charge on any atom is -0.438 e. The minimum absolute atomic E-state index is 0.155. The Morgan fingerprint density at radius 2 is 1.72 bits per heavy atom. The number of carbonyl (C=O) groups is 1. The number of ketones is 1. The highest BCUT2D eigenvalue weighted by atomic mass is 35.5. The largest absolute Gasteiger partial charge is 0.438 e. The molecule has 0 saturated carbocycles. The van der Waals surface area contributed by atoms with Gasteiger partial charge in [-0.3, -0.25) is 4.79 Å². The lowest BCUT2D eigenvalue weighted by molar-refractivity contribution is -0.137. The van der Waals surface area contributed by atoms with Gasteiger partial charge in [-0.25, -0.2) is 4.98 Å². The van der Waals surface area contributed by atoms with Crippen molar-refractivity contribution in [3.63, 3.8) is 0 Å². The topological polar surface area (TPSA) is 39.2 Å². The summed E-state index contributed by atoms with van der Waals surface area (Å²) in [5, 5.41) is -0.263. The molecule has 0 bridgehead atoms. The van der Waals surface area contributed by atoms with Gasteiger partial charge >= 0.3 is 6.18 Å². The van der Waals surface area contributed by atoms with Crippen LogP contribution in [0.25, 0.3) is 6.08 Å². The number of hydrogen-bond acceptors (Lipinski definition) is 3. The zero-order chi connectivity index (χ0) is 21.0. The Balaban J connectivity index is 1.68. The SMILES string of the molecule is Cc1ccc(C=CC(=O)c2ccc(Oc3ncc(C(F)(F)F)cc3Cl)cc2)cc1. The molecule has 2 aromatic carbocycles. The average Bonchev–Trinajstić information content (AvgIpc) is 2.68. The first-order chi connectivity index (χ1) is 13.7. The number of hydrogen-bond donors (Lipinski definition) is 0. The van der Waals surface area contributed by atoms with E-state index in [-0.39, 0.29) is 16.7 Å². The first-order valence-electron chi connectivity index (χ1n) is 8.52. The van der Waals surface area contributed by atoms with Gasteiger partial charge in [0.1, 0.15) is 10.8 Å². The number of aryl methyl sites for hydroxylation is 1. The number of aromatic nitrogens is 1. The summed E-state index contributed by atoms with van der Waals surface area (Å²) >= 11 is 5.83. The van der Waals surface area contributed by atoms with Gasteiger partial charge in [0.25, 0.3) is 0 Å². The van der Waals surface area contributed by atoms with E-state index in [2.05, 4.69) is 4.98 Å². The first kappa shape index (κ1) is 20.6. The fourth-order valence-corrected chi connectivity index (χ4v) is 2.60. The van der Waals surface area contributed by atoms with Crippen LogP contribution in [0.4, 0.5) is 13.2 Å². The predicted molar refractivity (Wildman–Crippen MR) is 105 cm³/mol. The summed E-state index contributed by atoms with van der Waals surface area (Å²) in [6, 6.07) is 14.6. The number of alkyl halides is 3. The second-order valence-corrected chi connectivity index (χ2v) is 6.65. The molecule has 0 spiro atoms. The summed E-state index contributed by atoms with van der Waals surface area (Å²) in [6.07, 6.45) is -0.703. The van der Waals surface area contributed by atoms with Crippen molar-refractivity contribution in [3.05, 3.63) is 94.1 Å². The van der Waals surface area contributed by atoms with Crippen molar-refractivity contribution in [3.8, 4) is 11.6 Å². The third-order valence-electron chi connectivity index (χ3n) is 3.99. The molecule has 0 aliphatic rings. The monoisotopic (exact) mass is 417 g/mol. The lowest BCUT2D eigenvalue weighted by Crippen LogP contribution is -2.05. The number of benzene rings is 2. The van der Waals surface area contributed by atoms with E-state index in [9.17, 15) is 18.0 Å². The van der Waals surface area contributed by atoms with Crippen molar-refractivity contribution in [2.24, 2.45) is 0 Å². The van der Waals surface area contributed by atoms with Crippen molar-refractivity contribution in [1.82, 2.24) is 4.98 Å². The van der Waals surface area contributed by atoms with Crippen molar-refractivity contribution in [2.45, 2.75) is 13.1 Å². The number of allylic oxidation sites excluding steroid dienone is 1. The van der Waals surface area contributed by atoms with E-state index in [1.165, 1.54) is 18.2 Å². The van der Waals surface area contributed by atoms with Crippen LogP contribution in [0.1, 0.15) is 27.0 Å². The molecule has 0 unspecified atom stereocenters. The predicted octanol–water partition coefficient (Wildman–Crippen LogP) is 6.75. The van der Waals surface area contributed by atoms with E-state index in [4.69, 9.17) is 16.3 Å². The van der Waals surface area contributed by atoms with Crippen LogP contribution < -0.4 is 4.74 Å². The van der Waals surface area contributed by atoms with Crippen LogP contribution in [0.2, 0.25) is 5.02 Å². The Kier molecular flexibility index (Phi) is 6.03. The summed E-state index contributed by atoms with van der Waals surface area (Å²) in [7, 11) is 0. The molecule has 0 saturated heterocycles. The highest BCUT2D eigenvalue weighted by Gasteiger charge is 2.31. The van der Waals surface area contributed by atoms with Gasteiger partial charge in [-0.2, -0.15) is 13.2 Å². The van der Waals surface area contributed by atoms with Crippen LogP contribution in [-0.2, 0) is 6.18 Å². The molecule has 0 aliphatic heterocycles. The molecule has 29 heavy (non-hydrogen) atoms. The van der Waals surface area contributed by atoms with Gasteiger partial charge in [0.05, 0.1) is 5.56 Å². The Labute approximate surface area is 170 Å². The molecule has 148 valence electrons. The number of ether oxygens (including phenoxy) is 1. The molecular weight excluding hydrogens is 403 g/mol. The zero-order valence-electron chi connectivity index (χ0n) is 15.2. The highest BCUT2D eigenvalue weighted by molar-refractivity contribution is 6.31. The molecule has 0 aliphatic carbocycles. The van der Waals surface area contributed by atoms with Crippen LogP contribution >= 0.6 is 11.6 Å². The van der Waals surface area contributed by atoms with Gasteiger partial charge in [-0.05, 0) is 48.9 Å². The van der Waals surface area contributed by atoms with Crippen molar-refractivity contribution >= 4 is 23.5 Å². The van der Waals surface area contributed by atoms with Gasteiger partial charge in [0.2, 0.25) is 5.88 Å². The maximum absolute atomic E-state index is 12.7. The minimum atomic E-state index is -4.54. The second-order valence-electron chi connectivity index (χ2n) is 6.24. The normalized spacial score (nSPS) is 11.6. The van der Waals surface area contributed by atoms with Crippen LogP contribution in [0.15, 0.2) is 66.9 Å². The molecule has 1 heterocycles. The molecule has 0 N–H and O–H groups in total. The van der Waals surface area contributed by atoms with E-state index >= 15 is 0 Å². The standard InChI is InChI=1S/C22H15ClF3NO2/c1-14-2-4-15(5-3-14)6-11-20(28)16-7-9-18(10-8-16)29-21-19(23)12-17(13-27-21)22(24,25)26/h2-13H,1H3. The summed E-state index contributed by atoms with van der Waals surface area (Å²) in [5.74, 6) is -0.0564. The number of carbonyl (C=O) groups excluding carboxylic acids is 1. The molecule has 0 radical (unpaired) electrons. The maximum Gasteiger partial charge on any atom is 0.417 e. The molecule has 7 heteroatoms. The Morgan fingerprint density at radius 3 is 2.31 bits per heavy atom. The zero-order valence-corrected chi connectivity index (χ0v) is 16.0. The Hall–Kier alpha value is -3.12. The lowest BCUT2D eigenvalue weighted by atomic mass is 10.1. The molecule has 0 fully saturated rings. The number of halogens is 4. The van der Waals surface area contributed by atoms with Gasteiger partial charge in [-0.15, -0.1) is 0 Å². The van der Waals surface area contributed by atoms with Gasteiger partial charge in [0.15, 0.2) is 5.78 Å². The maximum atomic E-state index is 12.7. The van der Waals surface area contributed by atoms with E-state index in [1.807, 2.05) is 31.2 Å². The molecule has 3 aromatic rings. The van der Waals surface area contributed by atoms with Crippen LogP contribution in [0.5, 0.6) is 11.6 Å². The Bertz CT molecular complexity index is 1040. The second kappa shape index (κ2) is 8.49. The quantitative estimate of drug-likeness (QED) is 0.340. The van der Waals surface area contributed by atoms with Crippen LogP contribution in [0, 0.1) is 6.92 Å². The summed E-state index contributed by atoms with van der Waals surface area (Å²) in [5.41, 5.74) is 1.52. The number of nitrogens with zero attached hydrogens (tertiary/aromatic N) is 1. The van der Waals surface area contributed by atoms with Crippen LogP contribution in [0.3, 0.4) is 0 Å². The van der Waals surface area contributed by atoms with Crippen molar-refractivity contribution in [1.29, 1.82) is 0 Å². The summed E-state index contributed by atoms with van der Waals surface area (Å²) < 4.78 is 43.4. The summed E-state index contributed by atoms with van der Waals surface area (Å²) in [6.45, 7) is 1.98. The number of pyridine rings is 1. The van der Waals surface area contributed by atoms with Gasteiger partial charge < -0.3 is 4.74 Å². The molecule has 0 amide bonds. The summed E-state index contributed by atoms with van der Waals surface area (Å²) in [4.78, 5) is 15.9. The van der Waals surface area contributed by atoms with Crippen LogP contribution in [-0.4, -0.2) is 10.8 Å². The molecule has 3 rings (SSSR count). The fraction of sp³-hybridized carbons (Fsp3) is 0.0909. The number of rotatable bonds is 5. The third kappa shape index (κ3) is 5.45. The average molecular weight is 418 g/mol. The van der Waals surface area contributed by atoms with E-state index < -0.39 is 11.7 Å². The molecular formula is C22H15ClF3NO2. The van der Waals surface area contributed by atoms with Gasteiger partial charge in [-0.1, -0.05) is 47.5 Å². The molecule has 1 aromatic heterocycles. The van der Waals surface area contributed by atoms with Crippen molar-refractivity contribution in [2.75, 3.05) is 0 Å². The van der Waals surface area contributed by atoms with Gasteiger partial charge in [0, 0.05) is 11.8 Å². The van der Waals surface area contributed by atoms with Crippen molar-refractivity contribution < 1.29 is 22.7 Å². The van der Waals surface area contributed by atoms with E-state index in [0.29, 0.717) is 17.5 Å². The van der Waals surface area contributed by atoms with E-state index in [0.717, 1.165) is 17.2 Å². The highest BCUT2D eigenvalue weighted by Crippen LogP contribution is 2.34. The lowest BCUT2D eigenvalue weighted by Gasteiger charge is -2.10.